The van der Waals surface area contributed by atoms with E-state index in [2.05, 4.69) is 4.98 Å². The fourth-order valence-electron chi connectivity index (χ4n) is 4.33. The molecule has 2 aromatic rings. The first-order valence-electron chi connectivity index (χ1n) is 12.4. The molecule has 0 radical (unpaired) electrons. The monoisotopic (exact) mass is 510 g/mol. The van der Waals surface area contributed by atoms with E-state index in [9.17, 15) is 14.4 Å². The van der Waals surface area contributed by atoms with Crippen molar-refractivity contribution in [1.29, 1.82) is 0 Å². The summed E-state index contributed by atoms with van der Waals surface area (Å²) in [6.07, 6.45) is -0.464. The number of aryl methyl sites for hydroxylation is 1. The van der Waals surface area contributed by atoms with Gasteiger partial charge in [-0.3, -0.25) is 14.5 Å². The lowest BCUT2D eigenvalue weighted by molar-refractivity contribution is -0.137. The average Bonchev–Trinajstić information content (AvgIpc) is 2.87. The van der Waals surface area contributed by atoms with Crippen molar-refractivity contribution in [3.8, 4) is 5.88 Å². The van der Waals surface area contributed by atoms with Gasteiger partial charge in [-0.1, -0.05) is 12.1 Å². The summed E-state index contributed by atoms with van der Waals surface area (Å²) in [5.41, 5.74) is 1.83. The number of carbonyl (C=O) groups excluding carboxylic acids is 3. The Hall–Kier alpha value is -3.62. The molecule has 9 heteroatoms. The highest BCUT2D eigenvalue weighted by Crippen LogP contribution is 2.39. The molecule has 3 amide bonds. The maximum atomic E-state index is 13.2. The van der Waals surface area contributed by atoms with Crippen LogP contribution in [0.1, 0.15) is 58.4 Å². The number of anilines is 2. The highest BCUT2D eigenvalue weighted by molar-refractivity contribution is 6.19. The third-order valence-electron chi connectivity index (χ3n) is 6.39. The Bertz CT molecular complexity index is 1200. The standard InChI is InChI=1S/C28H38N4O5/c1-10-32-21-13-11-19(15-22(21)30(8)24(33)28(6,7)25(32)34)16-31(26(35)37-27(3,4)5)17-20-12-14-23(36-9)29-18(20)2/h11-15H,10,16-17H2,1-9H3. The van der Waals surface area contributed by atoms with Crippen LogP contribution >= 0.6 is 0 Å². The fraction of sp³-hybridized carbons (Fsp3) is 0.500. The van der Waals surface area contributed by atoms with Crippen molar-refractivity contribution in [2.45, 2.75) is 67.2 Å². The number of rotatable bonds is 6. The SMILES string of the molecule is CCN1C(=O)C(C)(C)C(=O)N(C)c2cc(CN(Cc3ccc(OC)nc3C)C(=O)OC(C)(C)C)ccc21. The molecule has 2 heterocycles. The van der Waals surface area contributed by atoms with Crippen molar-refractivity contribution in [3.63, 3.8) is 0 Å². The minimum atomic E-state index is -1.19. The second kappa shape index (κ2) is 10.4. The Morgan fingerprint density at radius 3 is 2.30 bits per heavy atom. The van der Waals surface area contributed by atoms with Crippen LogP contribution < -0.4 is 14.5 Å². The molecule has 3 rings (SSSR count). The van der Waals surface area contributed by atoms with Gasteiger partial charge in [-0.2, -0.15) is 0 Å². The van der Waals surface area contributed by atoms with Crippen LogP contribution in [0.25, 0.3) is 0 Å². The first-order valence-corrected chi connectivity index (χ1v) is 12.4. The van der Waals surface area contributed by atoms with Crippen molar-refractivity contribution < 1.29 is 23.9 Å². The molecule has 0 N–H and O–H groups in total. The summed E-state index contributed by atoms with van der Waals surface area (Å²) in [6, 6.07) is 9.22. The normalized spacial score (nSPS) is 15.3. The van der Waals surface area contributed by atoms with Crippen LogP contribution in [0.4, 0.5) is 16.2 Å². The van der Waals surface area contributed by atoms with E-state index < -0.39 is 17.1 Å². The molecule has 0 atom stereocenters. The van der Waals surface area contributed by atoms with E-state index in [1.807, 2.05) is 58.9 Å². The van der Waals surface area contributed by atoms with E-state index in [4.69, 9.17) is 9.47 Å². The van der Waals surface area contributed by atoms with Crippen molar-refractivity contribution in [2.75, 3.05) is 30.5 Å². The van der Waals surface area contributed by atoms with E-state index in [0.717, 1.165) is 16.8 Å². The molecule has 1 aliphatic rings. The lowest BCUT2D eigenvalue weighted by Crippen LogP contribution is -2.47. The molecule has 0 saturated carbocycles. The van der Waals surface area contributed by atoms with Gasteiger partial charge in [0.25, 0.3) is 0 Å². The Labute approximate surface area is 219 Å². The number of ether oxygens (including phenoxy) is 2. The zero-order chi connectivity index (χ0) is 27.7. The van der Waals surface area contributed by atoms with Crippen LogP contribution in [-0.2, 0) is 27.4 Å². The van der Waals surface area contributed by atoms with Crippen LogP contribution in [0, 0.1) is 12.3 Å². The maximum absolute atomic E-state index is 13.2. The molecule has 37 heavy (non-hydrogen) atoms. The fourth-order valence-corrected chi connectivity index (χ4v) is 4.33. The van der Waals surface area contributed by atoms with Crippen molar-refractivity contribution >= 4 is 29.3 Å². The van der Waals surface area contributed by atoms with E-state index in [1.165, 1.54) is 4.90 Å². The molecule has 9 nitrogen and oxygen atoms in total. The molecule has 1 aromatic carbocycles. The van der Waals surface area contributed by atoms with Crippen molar-refractivity contribution in [1.82, 2.24) is 9.88 Å². The Morgan fingerprint density at radius 2 is 1.73 bits per heavy atom. The number of pyridine rings is 1. The Morgan fingerprint density at radius 1 is 1.05 bits per heavy atom. The minimum Gasteiger partial charge on any atom is -0.481 e. The predicted molar refractivity (Wildman–Crippen MR) is 143 cm³/mol. The van der Waals surface area contributed by atoms with Gasteiger partial charge in [0.1, 0.15) is 11.0 Å². The van der Waals surface area contributed by atoms with Gasteiger partial charge in [-0.15, -0.1) is 0 Å². The zero-order valence-electron chi connectivity index (χ0n) is 23.3. The molecule has 0 bridgehead atoms. The van der Waals surface area contributed by atoms with Gasteiger partial charge in [-0.05, 0) is 71.7 Å². The molecule has 0 saturated heterocycles. The average molecular weight is 511 g/mol. The van der Waals surface area contributed by atoms with Crippen molar-refractivity contribution in [2.24, 2.45) is 5.41 Å². The number of hydrogen-bond donors (Lipinski definition) is 0. The quantitative estimate of drug-likeness (QED) is 0.524. The van der Waals surface area contributed by atoms with Crippen LogP contribution in [-0.4, -0.2) is 54.1 Å². The maximum Gasteiger partial charge on any atom is 0.410 e. The van der Waals surface area contributed by atoms with Crippen LogP contribution in [0.3, 0.4) is 0 Å². The number of hydrogen-bond acceptors (Lipinski definition) is 6. The van der Waals surface area contributed by atoms with E-state index in [-0.39, 0.29) is 24.9 Å². The molecule has 0 aliphatic carbocycles. The zero-order valence-corrected chi connectivity index (χ0v) is 23.3. The van der Waals surface area contributed by atoms with Gasteiger partial charge in [-0.25, -0.2) is 9.78 Å². The summed E-state index contributed by atoms with van der Waals surface area (Å²) >= 11 is 0. The van der Waals surface area contributed by atoms with E-state index in [1.54, 1.807) is 43.9 Å². The topological polar surface area (TPSA) is 92.3 Å². The summed E-state index contributed by atoms with van der Waals surface area (Å²) in [6.45, 7) is 13.5. The minimum absolute atomic E-state index is 0.235. The number of aromatic nitrogens is 1. The van der Waals surface area contributed by atoms with Gasteiger partial charge in [0.05, 0.1) is 25.0 Å². The summed E-state index contributed by atoms with van der Waals surface area (Å²) in [7, 11) is 3.24. The first kappa shape index (κ1) is 28.0. The summed E-state index contributed by atoms with van der Waals surface area (Å²) in [4.78, 5) is 48.8. The molecule has 0 spiro atoms. The second-order valence-electron chi connectivity index (χ2n) is 10.8. The second-order valence-corrected chi connectivity index (χ2v) is 10.8. The number of benzene rings is 1. The number of methoxy groups -OCH3 is 1. The number of amides is 3. The third-order valence-corrected chi connectivity index (χ3v) is 6.39. The predicted octanol–water partition coefficient (Wildman–Crippen LogP) is 4.69. The van der Waals surface area contributed by atoms with Gasteiger partial charge in [0.2, 0.25) is 17.7 Å². The molecule has 0 unspecified atom stereocenters. The summed E-state index contributed by atoms with van der Waals surface area (Å²) in [5, 5.41) is 0. The van der Waals surface area contributed by atoms with Crippen molar-refractivity contribution in [3.05, 3.63) is 47.2 Å². The highest BCUT2D eigenvalue weighted by atomic mass is 16.6. The summed E-state index contributed by atoms with van der Waals surface area (Å²) in [5.74, 6) is -0.0199. The van der Waals surface area contributed by atoms with Gasteiger partial charge in [0.15, 0.2) is 0 Å². The number of carbonyl (C=O) groups is 3. The summed E-state index contributed by atoms with van der Waals surface area (Å²) < 4.78 is 10.9. The van der Waals surface area contributed by atoms with Crippen LogP contribution in [0.15, 0.2) is 30.3 Å². The largest absolute Gasteiger partial charge is 0.481 e. The smallest absolute Gasteiger partial charge is 0.410 e. The molecule has 1 aromatic heterocycles. The highest BCUT2D eigenvalue weighted by Gasteiger charge is 2.45. The van der Waals surface area contributed by atoms with E-state index in [0.29, 0.717) is 23.8 Å². The molecular formula is C28H38N4O5. The van der Waals surface area contributed by atoms with Crippen LogP contribution in [0.2, 0.25) is 0 Å². The van der Waals surface area contributed by atoms with Gasteiger partial charge < -0.3 is 19.3 Å². The molecule has 1 aliphatic heterocycles. The van der Waals surface area contributed by atoms with Gasteiger partial charge >= 0.3 is 6.09 Å². The molecule has 0 fully saturated rings. The van der Waals surface area contributed by atoms with Crippen LogP contribution in [0.5, 0.6) is 5.88 Å². The molecule has 200 valence electrons. The van der Waals surface area contributed by atoms with Gasteiger partial charge in [0, 0.05) is 31.9 Å². The number of nitrogens with zero attached hydrogens (tertiary/aromatic N) is 4. The Kier molecular flexibility index (Phi) is 7.86. The first-order chi connectivity index (χ1) is 17.2. The lowest BCUT2D eigenvalue weighted by atomic mass is 9.90. The third kappa shape index (κ3) is 5.87. The number of fused-ring (bicyclic) bond motifs is 1. The Balaban J connectivity index is 2.01. The lowest BCUT2D eigenvalue weighted by Gasteiger charge is -2.29. The molecular weight excluding hydrogens is 472 g/mol. The van der Waals surface area contributed by atoms with E-state index >= 15 is 0 Å².